The number of rotatable bonds is 8. The average Bonchev–Trinajstić information content (AvgIpc) is 3.22. The van der Waals surface area contributed by atoms with E-state index in [4.69, 9.17) is 27.6 Å². The molecule has 1 heterocycles. The van der Waals surface area contributed by atoms with E-state index in [1.807, 2.05) is 37.3 Å². The Labute approximate surface area is 187 Å². The summed E-state index contributed by atoms with van der Waals surface area (Å²) in [5.41, 5.74) is 2.43. The number of amides is 1. The summed E-state index contributed by atoms with van der Waals surface area (Å²) in [7, 11) is 1.74. The first-order valence-electron chi connectivity index (χ1n) is 9.81. The van der Waals surface area contributed by atoms with Crippen molar-refractivity contribution in [3.63, 3.8) is 0 Å². The summed E-state index contributed by atoms with van der Waals surface area (Å²) in [5, 5.41) is 1.21. The van der Waals surface area contributed by atoms with E-state index in [9.17, 15) is 4.79 Å². The minimum Gasteiger partial charge on any atom is -0.447 e. The highest BCUT2D eigenvalue weighted by molar-refractivity contribution is 6.35. The topological polar surface area (TPSA) is 49.6 Å². The van der Waals surface area contributed by atoms with Gasteiger partial charge >= 0.3 is 0 Å². The first-order chi connectivity index (χ1) is 14.4. The van der Waals surface area contributed by atoms with Crippen LogP contribution in [0.15, 0.2) is 59.2 Å². The zero-order chi connectivity index (χ0) is 21.7. The molecule has 2 aromatic carbocycles. The average molecular weight is 446 g/mol. The molecule has 0 aliphatic rings. The van der Waals surface area contributed by atoms with Gasteiger partial charge in [-0.3, -0.25) is 9.69 Å². The lowest BCUT2D eigenvalue weighted by molar-refractivity contribution is 0.0796. The van der Waals surface area contributed by atoms with E-state index in [2.05, 4.69) is 28.9 Å². The van der Waals surface area contributed by atoms with Crippen molar-refractivity contribution in [1.29, 1.82) is 0 Å². The highest BCUT2D eigenvalue weighted by atomic mass is 35.5. The van der Waals surface area contributed by atoms with Gasteiger partial charge in [0.05, 0.1) is 6.54 Å². The second-order valence-corrected chi connectivity index (χ2v) is 8.02. The largest absolute Gasteiger partial charge is 0.447 e. The first-order valence-corrected chi connectivity index (χ1v) is 10.6. The molecule has 1 amide bonds. The van der Waals surface area contributed by atoms with Crippen LogP contribution in [0.1, 0.15) is 47.4 Å². The summed E-state index contributed by atoms with van der Waals surface area (Å²) in [4.78, 5) is 20.6. The van der Waals surface area contributed by atoms with Crippen LogP contribution in [0.2, 0.25) is 10.0 Å². The molecule has 0 radical (unpaired) electrons. The quantitative estimate of drug-likeness (QED) is 0.437. The number of halogens is 2. The van der Waals surface area contributed by atoms with Crippen LogP contribution in [0.4, 0.5) is 0 Å². The Morgan fingerprint density at radius 1 is 1.13 bits per heavy atom. The van der Waals surface area contributed by atoms with Crippen molar-refractivity contribution in [3.05, 3.63) is 87.6 Å². The summed E-state index contributed by atoms with van der Waals surface area (Å²) in [6.07, 6.45) is 1.42. The fraction of sp³-hybridized carbons (Fsp3) is 0.304. The fourth-order valence-corrected chi connectivity index (χ4v) is 3.60. The Kier molecular flexibility index (Phi) is 7.53. The molecule has 0 fully saturated rings. The van der Waals surface area contributed by atoms with Crippen molar-refractivity contribution in [3.8, 4) is 0 Å². The Hall–Kier alpha value is -2.34. The lowest BCUT2D eigenvalue weighted by Gasteiger charge is -2.28. The number of carbonyl (C=O) groups is 1. The maximum atomic E-state index is 12.4. The molecule has 5 nitrogen and oxygen atoms in total. The minimum absolute atomic E-state index is 0.0716. The van der Waals surface area contributed by atoms with Gasteiger partial charge in [-0.15, -0.1) is 0 Å². The lowest BCUT2D eigenvalue weighted by Crippen LogP contribution is -2.28. The lowest BCUT2D eigenvalue weighted by atomic mass is 10.1. The molecule has 0 saturated carbocycles. The van der Waals surface area contributed by atoms with Gasteiger partial charge in [0.2, 0.25) is 5.89 Å². The van der Waals surface area contributed by atoms with E-state index < -0.39 is 0 Å². The van der Waals surface area contributed by atoms with Gasteiger partial charge in [0, 0.05) is 36.2 Å². The number of carbonyl (C=O) groups excluding carboxylic acids is 1. The second-order valence-electron chi connectivity index (χ2n) is 7.17. The van der Waals surface area contributed by atoms with Crippen LogP contribution < -0.4 is 0 Å². The van der Waals surface area contributed by atoms with Gasteiger partial charge in [0.15, 0.2) is 5.69 Å². The third kappa shape index (κ3) is 5.42. The normalized spacial score (nSPS) is 12.2. The predicted molar refractivity (Wildman–Crippen MR) is 120 cm³/mol. The smallest absolute Gasteiger partial charge is 0.275 e. The van der Waals surface area contributed by atoms with Crippen molar-refractivity contribution in [1.82, 2.24) is 14.8 Å². The molecular weight excluding hydrogens is 421 g/mol. The molecule has 1 atom stereocenters. The molecular formula is C23H25Cl2N3O2. The van der Waals surface area contributed by atoms with Gasteiger partial charge in [-0.1, -0.05) is 59.6 Å². The monoisotopic (exact) mass is 445 g/mol. The summed E-state index contributed by atoms with van der Waals surface area (Å²) in [5.74, 6) is 0.326. The van der Waals surface area contributed by atoms with Crippen LogP contribution in [0, 0.1) is 0 Å². The van der Waals surface area contributed by atoms with Crippen molar-refractivity contribution >= 4 is 29.1 Å². The summed E-state index contributed by atoms with van der Waals surface area (Å²) in [6.45, 7) is 5.65. The second kappa shape index (κ2) is 10.1. The zero-order valence-corrected chi connectivity index (χ0v) is 18.8. The summed E-state index contributed by atoms with van der Waals surface area (Å²) in [6, 6.07) is 15.8. The number of hydrogen-bond donors (Lipinski definition) is 0. The number of nitrogens with zero attached hydrogens (tertiary/aromatic N) is 3. The van der Waals surface area contributed by atoms with Crippen molar-refractivity contribution in [2.24, 2.45) is 0 Å². The molecule has 7 heteroatoms. The molecule has 0 saturated heterocycles. The van der Waals surface area contributed by atoms with E-state index in [1.165, 1.54) is 6.26 Å². The van der Waals surface area contributed by atoms with Crippen LogP contribution >= 0.6 is 23.2 Å². The number of oxazole rings is 1. The highest BCUT2D eigenvalue weighted by Gasteiger charge is 2.22. The van der Waals surface area contributed by atoms with Crippen molar-refractivity contribution < 1.29 is 9.21 Å². The minimum atomic E-state index is -0.157. The highest BCUT2D eigenvalue weighted by Crippen LogP contribution is 2.28. The molecule has 158 valence electrons. The standard InChI is InChI=1S/C23H25Cl2N3O2/c1-4-27(3)23(29)21-15-30-22(26-21)14-28(16(2)17-8-6-5-7-9-17)13-18-10-11-19(24)12-20(18)25/h5-12,15-16H,4,13-14H2,1-3H3/t16-/m0/s1. The van der Waals surface area contributed by atoms with Gasteiger partial charge < -0.3 is 9.32 Å². The Morgan fingerprint density at radius 3 is 2.53 bits per heavy atom. The predicted octanol–water partition coefficient (Wildman–Crippen LogP) is 5.84. The first kappa shape index (κ1) is 22.3. The van der Waals surface area contributed by atoms with Crippen molar-refractivity contribution in [2.45, 2.75) is 33.0 Å². The zero-order valence-electron chi connectivity index (χ0n) is 17.3. The van der Waals surface area contributed by atoms with E-state index in [0.717, 1.165) is 11.1 Å². The Bertz CT molecular complexity index is 991. The summed E-state index contributed by atoms with van der Waals surface area (Å²) < 4.78 is 5.63. The Morgan fingerprint density at radius 2 is 1.87 bits per heavy atom. The van der Waals surface area contributed by atoms with E-state index in [1.54, 1.807) is 18.0 Å². The van der Waals surface area contributed by atoms with Gasteiger partial charge in [-0.25, -0.2) is 4.98 Å². The molecule has 0 aliphatic carbocycles. The van der Waals surface area contributed by atoms with Crippen LogP contribution in [0.3, 0.4) is 0 Å². The van der Waals surface area contributed by atoms with Crippen LogP contribution in [0.5, 0.6) is 0 Å². The SMILES string of the molecule is CCN(C)C(=O)c1coc(CN(Cc2ccc(Cl)cc2Cl)[C@@H](C)c2ccccc2)n1. The fourth-order valence-electron chi connectivity index (χ4n) is 3.14. The van der Waals surface area contributed by atoms with Gasteiger partial charge in [0.1, 0.15) is 6.26 Å². The molecule has 3 rings (SSSR count). The number of hydrogen-bond acceptors (Lipinski definition) is 4. The molecule has 0 aliphatic heterocycles. The number of aromatic nitrogens is 1. The Balaban J connectivity index is 1.86. The van der Waals surface area contributed by atoms with E-state index >= 15 is 0 Å². The summed E-state index contributed by atoms with van der Waals surface area (Å²) >= 11 is 12.5. The molecule has 0 spiro atoms. The van der Waals surface area contributed by atoms with E-state index in [0.29, 0.717) is 41.3 Å². The van der Waals surface area contributed by atoms with Crippen LogP contribution in [-0.4, -0.2) is 34.3 Å². The van der Waals surface area contributed by atoms with Gasteiger partial charge in [0.25, 0.3) is 5.91 Å². The maximum absolute atomic E-state index is 12.4. The molecule has 0 bridgehead atoms. The number of benzene rings is 2. The molecule has 0 N–H and O–H groups in total. The van der Waals surface area contributed by atoms with E-state index in [-0.39, 0.29) is 11.9 Å². The van der Waals surface area contributed by atoms with Gasteiger partial charge in [-0.2, -0.15) is 0 Å². The molecule has 30 heavy (non-hydrogen) atoms. The molecule has 0 unspecified atom stereocenters. The maximum Gasteiger partial charge on any atom is 0.275 e. The van der Waals surface area contributed by atoms with Crippen molar-refractivity contribution in [2.75, 3.05) is 13.6 Å². The van der Waals surface area contributed by atoms with Crippen LogP contribution in [-0.2, 0) is 13.1 Å². The third-order valence-corrected chi connectivity index (χ3v) is 5.74. The van der Waals surface area contributed by atoms with Crippen LogP contribution in [0.25, 0.3) is 0 Å². The van der Waals surface area contributed by atoms with Gasteiger partial charge in [-0.05, 0) is 37.1 Å². The molecule has 1 aromatic heterocycles. The molecule has 3 aromatic rings. The third-order valence-electron chi connectivity index (χ3n) is 5.15.